The van der Waals surface area contributed by atoms with Gasteiger partial charge in [0, 0.05) is 25.2 Å². The van der Waals surface area contributed by atoms with Crippen LogP contribution in [0.15, 0.2) is 23.1 Å². The first kappa shape index (κ1) is 21.1. The lowest BCUT2D eigenvalue weighted by molar-refractivity contribution is -0.386. The Bertz CT molecular complexity index is 790. The Morgan fingerprint density at radius 1 is 1.37 bits per heavy atom. The molecule has 27 heavy (non-hydrogen) atoms. The van der Waals surface area contributed by atoms with Crippen LogP contribution in [0.2, 0.25) is 0 Å². The van der Waals surface area contributed by atoms with Gasteiger partial charge < -0.3 is 10.1 Å². The molecule has 0 bridgehead atoms. The van der Waals surface area contributed by atoms with Gasteiger partial charge in [0.15, 0.2) is 12.4 Å². The molecule has 1 aliphatic rings. The Morgan fingerprint density at radius 3 is 2.63 bits per heavy atom. The van der Waals surface area contributed by atoms with Crippen molar-refractivity contribution in [3.63, 3.8) is 0 Å². The summed E-state index contributed by atoms with van der Waals surface area (Å²) in [4.78, 5) is 22.4. The first-order valence-corrected chi connectivity index (χ1v) is 10.4. The molecule has 1 heterocycles. The molecule has 0 unspecified atom stereocenters. The highest BCUT2D eigenvalue weighted by Gasteiger charge is 2.30. The van der Waals surface area contributed by atoms with Crippen molar-refractivity contribution in [2.75, 3.05) is 19.7 Å². The van der Waals surface area contributed by atoms with Gasteiger partial charge in [0.1, 0.15) is 0 Å². The van der Waals surface area contributed by atoms with E-state index in [-0.39, 0.29) is 29.2 Å². The minimum atomic E-state index is -3.77. The van der Waals surface area contributed by atoms with Crippen molar-refractivity contribution in [3.05, 3.63) is 28.3 Å². The molecule has 1 N–H and O–H groups in total. The lowest BCUT2D eigenvalue weighted by Gasteiger charge is -2.16. The second-order valence-corrected chi connectivity index (χ2v) is 8.48. The Labute approximate surface area is 158 Å². The number of nitrogens with zero attached hydrogens (tertiary/aromatic N) is 2. The predicted molar refractivity (Wildman–Crippen MR) is 99.1 cm³/mol. The van der Waals surface area contributed by atoms with Gasteiger partial charge in [0.05, 0.1) is 9.82 Å². The van der Waals surface area contributed by atoms with Gasteiger partial charge in [-0.2, -0.15) is 4.31 Å². The highest BCUT2D eigenvalue weighted by atomic mass is 32.2. The fourth-order valence-corrected chi connectivity index (χ4v) is 4.50. The Hall–Kier alpha value is -2.20. The van der Waals surface area contributed by atoms with Crippen LogP contribution in [0, 0.1) is 10.1 Å². The van der Waals surface area contributed by atoms with E-state index in [4.69, 9.17) is 4.74 Å². The van der Waals surface area contributed by atoms with E-state index in [0.717, 1.165) is 31.7 Å². The molecular weight excluding hydrogens is 374 g/mol. The summed E-state index contributed by atoms with van der Waals surface area (Å²) in [6.07, 6.45) is 3.28. The number of rotatable bonds is 9. The van der Waals surface area contributed by atoms with Crippen molar-refractivity contribution in [3.8, 4) is 5.75 Å². The summed E-state index contributed by atoms with van der Waals surface area (Å²) in [5.41, 5.74) is -0.482. The summed E-state index contributed by atoms with van der Waals surface area (Å²) in [6.45, 7) is 4.30. The number of nitro benzene ring substituents is 1. The van der Waals surface area contributed by atoms with Crippen LogP contribution in [0.5, 0.6) is 5.75 Å². The van der Waals surface area contributed by atoms with Crippen LogP contribution in [0.1, 0.15) is 39.5 Å². The lowest BCUT2D eigenvalue weighted by atomic mass is 10.2. The maximum absolute atomic E-state index is 12.6. The van der Waals surface area contributed by atoms with Gasteiger partial charge in [-0.1, -0.05) is 13.3 Å². The Morgan fingerprint density at radius 2 is 2.04 bits per heavy atom. The van der Waals surface area contributed by atoms with Crippen LogP contribution < -0.4 is 10.1 Å². The number of nitro groups is 1. The molecule has 2 rings (SSSR count). The normalized spacial score (nSPS) is 16.1. The molecule has 0 aliphatic carbocycles. The maximum atomic E-state index is 12.6. The van der Waals surface area contributed by atoms with E-state index in [2.05, 4.69) is 5.32 Å². The average molecular weight is 399 g/mol. The smallest absolute Gasteiger partial charge is 0.312 e. The van der Waals surface area contributed by atoms with E-state index in [9.17, 15) is 23.3 Å². The van der Waals surface area contributed by atoms with E-state index < -0.39 is 20.6 Å². The van der Waals surface area contributed by atoms with Crippen molar-refractivity contribution in [2.45, 2.75) is 50.5 Å². The van der Waals surface area contributed by atoms with E-state index in [0.29, 0.717) is 13.1 Å². The van der Waals surface area contributed by atoms with Crippen LogP contribution >= 0.6 is 0 Å². The number of carbonyl (C=O) groups excluding carboxylic acids is 1. The fourth-order valence-electron chi connectivity index (χ4n) is 2.96. The maximum Gasteiger partial charge on any atom is 0.312 e. The van der Waals surface area contributed by atoms with Gasteiger partial charge in [-0.3, -0.25) is 14.9 Å². The van der Waals surface area contributed by atoms with Gasteiger partial charge >= 0.3 is 5.69 Å². The van der Waals surface area contributed by atoms with E-state index in [1.807, 2.05) is 13.8 Å². The van der Waals surface area contributed by atoms with Crippen LogP contribution in [0.25, 0.3) is 0 Å². The monoisotopic (exact) mass is 399 g/mol. The second-order valence-electron chi connectivity index (χ2n) is 6.54. The summed E-state index contributed by atoms with van der Waals surface area (Å²) in [7, 11) is -3.77. The molecule has 1 fully saturated rings. The first-order valence-electron chi connectivity index (χ1n) is 8.96. The molecule has 1 amide bonds. The zero-order chi connectivity index (χ0) is 20.0. The quantitative estimate of drug-likeness (QED) is 0.501. The van der Waals surface area contributed by atoms with Crippen molar-refractivity contribution >= 4 is 21.6 Å². The summed E-state index contributed by atoms with van der Waals surface area (Å²) in [5.74, 6) is -0.530. The molecule has 0 radical (unpaired) electrons. The zero-order valence-corrected chi connectivity index (χ0v) is 16.3. The number of hydrogen-bond donors (Lipinski definition) is 1. The number of nitrogens with one attached hydrogen (secondary N) is 1. The molecular formula is C17H25N3O6S. The standard InChI is InChI=1S/C17H25N3O6S/c1-3-6-13(2)18-17(21)12-26-16-8-7-14(11-15(16)20(22)23)27(24,25)19-9-4-5-10-19/h7-8,11,13H,3-6,9-10,12H2,1-2H3,(H,18,21)/t13-/m1/s1. The molecule has 1 saturated heterocycles. The van der Waals surface area contributed by atoms with E-state index in [1.165, 1.54) is 16.4 Å². The molecule has 1 aromatic carbocycles. The molecule has 1 aromatic rings. The predicted octanol–water partition coefficient (Wildman–Crippen LogP) is 2.06. The molecule has 9 nitrogen and oxygen atoms in total. The van der Waals surface area contributed by atoms with Crippen molar-refractivity contribution in [1.29, 1.82) is 0 Å². The summed E-state index contributed by atoms with van der Waals surface area (Å²) in [5, 5.41) is 14.1. The summed E-state index contributed by atoms with van der Waals surface area (Å²) >= 11 is 0. The summed E-state index contributed by atoms with van der Waals surface area (Å²) in [6, 6.07) is 3.46. The minimum absolute atomic E-state index is 0.0194. The second kappa shape index (κ2) is 9.14. The van der Waals surface area contributed by atoms with Crippen LogP contribution in [0.3, 0.4) is 0 Å². The zero-order valence-electron chi connectivity index (χ0n) is 15.5. The van der Waals surface area contributed by atoms with Crippen molar-refractivity contribution < 1.29 is 22.9 Å². The van der Waals surface area contributed by atoms with Crippen molar-refractivity contribution in [2.24, 2.45) is 0 Å². The highest BCUT2D eigenvalue weighted by Crippen LogP contribution is 2.31. The van der Waals surface area contributed by atoms with E-state index >= 15 is 0 Å². The number of carbonyl (C=O) groups is 1. The van der Waals surface area contributed by atoms with Crippen LogP contribution in [0.4, 0.5) is 5.69 Å². The van der Waals surface area contributed by atoms with E-state index in [1.54, 1.807) is 0 Å². The minimum Gasteiger partial charge on any atom is -0.477 e. The molecule has 0 saturated carbocycles. The third-order valence-corrected chi connectivity index (χ3v) is 6.21. The lowest BCUT2D eigenvalue weighted by Crippen LogP contribution is -2.36. The highest BCUT2D eigenvalue weighted by molar-refractivity contribution is 7.89. The van der Waals surface area contributed by atoms with Gasteiger partial charge in [-0.15, -0.1) is 0 Å². The third kappa shape index (κ3) is 5.39. The number of amides is 1. The molecule has 10 heteroatoms. The largest absolute Gasteiger partial charge is 0.477 e. The summed E-state index contributed by atoms with van der Waals surface area (Å²) < 4.78 is 31.7. The molecule has 0 spiro atoms. The number of hydrogen-bond acceptors (Lipinski definition) is 6. The number of sulfonamides is 1. The fraction of sp³-hybridized carbons (Fsp3) is 0.588. The van der Waals surface area contributed by atoms with Gasteiger partial charge in [-0.05, 0) is 38.3 Å². The Balaban J connectivity index is 2.14. The van der Waals surface area contributed by atoms with Crippen LogP contribution in [-0.2, 0) is 14.8 Å². The van der Waals surface area contributed by atoms with Gasteiger partial charge in [-0.25, -0.2) is 8.42 Å². The molecule has 0 aromatic heterocycles. The topological polar surface area (TPSA) is 119 Å². The van der Waals surface area contributed by atoms with Crippen molar-refractivity contribution in [1.82, 2.24) is 9.62 Å². The Kier molecular flexibility index (Phi) is 7.14. The first-order chi connectivity index (χ1) is 12.8. The molecule has 1 atom stereocenters. The van der Waals surface area contributed by atoms with Crippen LogP contribution in [-0.4, -0.2) is 49.3 Å². The number of benzene rings is 1. The van der Waals surface area contributed by atoms with Gasteiger partial charge in [0.2, 0.25) is 10.0 Å². The van der Waals surface area contributed by atoms with Gasteiger partial charge in [0.25, 0.3) is 5.91 Å². The SMILES string of the molecule is CCC[C@@H](C)NC(=O)COc1ccc(S(=O)(=O)N2CCCC2)cc1[N+](=O)[O-]. The molecule has 1 aliphatic heterocycles. The third-order valence-electron chi connectivity index (χ3n) is 4.32. The average Bonchev–Trinajstić information content (AvgIpc) is 3.15. The number of ether oxygens (including phenoxy) is 1. The molecule has 150 valence electrons.